The number of nitrogens with two attached hydrogens (primary N) is 2. The van der Waals surface area contributed by atoms with Crippen molar-refractivity contribution in [2.45, 2.75) is 19.3 Å². The summed E-state index contributed by atoms with van der Waals surface area (Å²) in [5.41, 5.74) is 7.44. The normalized spacial score (nSPS) is 13.9. The summed E-state index contributed by atoms with van der Waals surface area (Å²) >= 11 is 3.39. The van der Waals surface area contributed by atoms with Crippen LogP contribution in [0.25, 0.3) is 0 Å². The van der Waals surface area contributed by atoms with Gasteiger partial charge < -0.3 is 16.6 Å². The average Bonchev–Trinajstić information content (AvgIpc) is 3.01. The van der Waals surface area contributed by atoms with Gasteiger partial charge in [0.1, 0.15) is 18.0 Å². The van der Waals surface area contributed by atoms with Crippen LogP contribution in [0.1, 0.15) is 30.7 Å². The number of aromatic nitrogens is 1. The van der Waals surface area contributed by atoms with Crippen LogP contribution in [-0.2, 0) is 0 Å². The monoisotopic (exact) mass is 437 g/mol. The van der Waals surface area contributed by atoms with Crippen LogP contribution in [-0.4, -0.2) is 29.1 Å². The Hall–Kier alpha value is -2.88. The second-order valence-corrected chi connectivity index (χ2v) is 6.31. The summed E-state index contributed by atoms with van der Waals surface area (Å²) in [4.78, 5) is 10.9. The van der Waals surface area contributed by atoms with Crippen LogP contribution in [0.5, 0.6) is 0 Å². The molecular formula is C17H18BrF2N7. The minimum atomic E-state index is -0.781. The van der Waals surface area contributed by atoms with Gasteiger partial charge in [-0.25, -0.2) is 13.8 Å². The zero-order valence-electron chi connectivity index (χ0n) is 14.4. The number of aromatic amines is 1. The molecule has 6 N–H and O–H groups in total. The van der Waals surface area contributed by atoms with Gasteiger partial charge in [0, 0.05) is 22.2 Å². The molecule has 2 aromatic rings. The summed E-state index contributed by atoms with van der Waals surface area (Å²) in [6.45, 7) is 1.92. The van der Waals surface area contributed by atoms with Gasteiger partial charge in [0.2, 0.25) is 0 Å². The van der Waals surface area contributed by atoms with E-state index >= 15 is 0 Å². The van der Waals surface area contributed by atoms with E-state index in [-0.39, 0.29) is 17.4 Å². The number of nitrogens with zero attached hydrogens (tertiary/aromatic N) is 3. The highest BCUT2D eigenvalue weighted by Gasteiger charge is 2.20. The Labute approximate surface area is 162 Å². The molecule has 1 unspecified atom stereocenters. The van der Waals surface area contributed by atoms with E-state index in [9.17, 15) is 8.78 Å². The molecular weight excluding hydrogens is 420 g/mol. The highest BCUT2D eigenvalue weighted by atomic mass is 79.9. The van der Waals surface area contributed by atoms with Gasteiger partial charge in [-0.1, -0.05) is 6.92 Å². The average molecular weight is 438 g/mol. The van der Waals surface area contributed by atoms with Crippen molar-refractivity contribution in [3.05, 3.63) is 51.8 Å². The number of benzene rings is 1. The highest BCUT2D eigenvalue weighted by molar-refractivity contribution is 9.10. The third-order valence-electron chi connectivity index (χ3n) is 3.79. The lowest BCUT2D eigenvalue weighted by Crippen LogP contribution is -2.18. The van der Waals surface area contributed by atoms with Crippen LogP contribution in [0.2, 0.25) is 0 Å². The summed E-state index contributed by atoms with van der Waals surface area (Å²) in [5.74, 6) is 3.91. The molecule has 0 fully saturated rings. The van der Waals surface area contributed by atoms with E-state index in [2.05, 4.69) is 36.0 Å². The topological polar surface area (TPSA) is 129 Å². The van der Waals surface area contributed by atoms with E-state index in [0.29, 0.717) is 22.3 Å². The maximum Gasteiger partial charge on any atom is 0.151 e. The van der Waals surface area contributed by atoms with Gasteiger partial charge in [0.25, 0.3) is 0 Å². The fraction of sp³-hybridized carbons (Fsp3) is 0.176. The molecule has 7 nitrogen and oxygen atoms in total. The molecule has 27 heavy (non-hydrogen) atoms. The highest BCUT2D eigenvalue weighted by Crippen LogP contribution is 2.27. The molecule has 2 rings (SSSR count). The SMILES string of the molecule is CCC(C(C=Nc1ccc(F)cc1F)=NN)c1cc(Br)c(C(N)=NC=N)[nH]1. The Balaban J connectivity index is 2.34. The van der Waals surface area contributed by atoms with Gasteiger partial charge in [-0.15, -0.1) is 0 Å². The lowest BCUT2D eigenvalue weighted by atomic mass is 9.97. The number of halogens is 3. The predicted molar refractivity (Wildman–Crippen MR) is 107 cm³/mol. The largest absolute Gasteiger partial charge is 0.382 e. The fourth-order valence-corrected chi connectivity index (χ4v) is 3.03. The lowest BCUT2D eigenvalue weighted by molar-refractivity contribution is 0.585. The molecule has 1 atom stereocenters. The molecule has 1 aromatic heterocycles. The zero-order chi connectivity index (χ0) is 20.0. The first-order chi connectivity index (χ1) is 12.9. The fourth-order valence-electron chi connectivity index (χ4n) is 2.48. The first kappa shape index (κ1) is 20.4. The van der Waals surface area contributed by atoms with E-state index in [4.69, 9.17) is 17.0 Å². The van der Waals surface area contributed by atoms with Crippen molar-refractivity contribution >= 4 is 45.7 Å². The number of aliphatic imine (C=N–C) groups is 2. The van der Waals surface area contributed by atoms with Crippen molar-refractivity contribution in [1.82, 2.24) is 4.98 Å². The molecule has 0 bridgehead atoms. The first-order valence-corrected chi connectivity index (χ1v) is 8.68. The molecule has 0 saturated heterocycles. The van der Waals surface area contributed by atoms with Crippen LogP contribution in [0.4, 0.5) is 14.5 Å². The summed E-state index contributed by atoms with van der Waals surface area (Å²) in [5, 5.41) is 10.8. The van der Waals surface area contributed by atoms with E-state index in [1.807, 2.05) is 6.92 Å². The standard InChI is InChI=1S/C17H18BrF2N7/c1-2-10(14-6-11(18)16(26-14)17(22)25-8-21)15(27-23)7-24-13-4-3-9(19)5-12(13)20/h3-8,10,26H,2,23H2,1H3,(H3,21,22,25). The summed E-state index contributed by atoms with van der Waals surface area (Å²) in [7, 11) is 0. The van der Waals surface area contributed by atoms with Gasteiger partial charge in [-0.2, -0.15) is 5.10 Å². The van der Waals surface area contributed by atoms with Gasteiger partial charge in [0.15, 0.2) is 5.82 Å². The molecule has 0 radical (unpaired) electrons. The second kappa shape index (κ2) is 9.17. The van der Waals surface area contributed by atoms with Crippen molar-refractivity contribution in [3.8, 4) is 0 Å². The molecule has 1 aromatic carbocycles. The number of hydrazone groups is 1. The number of hydrogen-bond donors (Lipinski definition) is 4. The van der Waals surface area contributed by atoms with Gasteiger partial charge >= 0.3 is 0 Å². The summed E-state index contributed by atoms with van der Waals surface area (Å²) in [6.07, 6.45) is 2.80. The first-order valence-electron chi connectivity index (χ1n) is 7.89. The second-order valence-electron chi connectivity index (χ2n) is 5.46. The molecule has 0 spiro atoms. The Morgan fingerprint density at radius 2 is 2.11 bits per heavy atom. The van der Waals surface area contributed by atoms with Crippen LogP contribution in [0, 0.1) is 17.0 Å². The number of rotatable bonds is 7. The molecule has 0 saturated carbocycles. The summed E-state index contributed by atoms with van der Waals surface area (Å²) < 4.78 is 27.4. The van der Waals surface area contributed by atoms with Crippen molar-refractivity contribution < 1.29 is 8.78 Å². The van der Waals surface area contributed by atoms with Crippen LogP contribution < -0.4 is 11.6 Å². The van der Waals surface area contributed by atoms with E-state index in [1.165, 1.54) is 12.3 Å². The van der Waals surface area contributed by atoms with Crippen molar-refractivity contribution in [2.75, 3.05) is 0 Å². The smallest absolute Gasteiger partial charge is 0.151 e. The Morgan fingerprint density at radius 1 is 1.37 bits per heavy atom. The minimum Gasteiger partial charge on any atom is -0.382 e. The van der Waals surface area contributed by atoms with Gasteiger partial charge in [-0.05, 0) is 40.5 Å². The van der Waals surface area contributed by atoms with E-state index < -0.39 is 11.6 Å². The third-order valence-corrected chi connectivity index (χ3v) is 4.41. The minimum absolute atomic E-state index is 0.0249. The Morgan fingerprint density at radius 3 is 2.70 bits per heavy atom. The zero-order valence-corrected chi connectivity index (χ0v) is 16.0. The maximum atomic E-state index is 13.7. The van der Waals surface area contributed by atoms with E-state index in [1.54, 1.807) is 6.07 Å². The number of amidine groups is 1. The maximum absolute atomic E-state index is 13.7. The van der Waals surface area contributed by atoms with E-state index in [0.717, 1.165) is 24.2 Å². The molecule has 0 amide bonds. The molecule has 1 heterocycles. The molecule has 0 aliphatic rings. The van der Waals surface area contributed by atoms with Crippen molar-refractivity contribution in [1.29, 1.82) is 5.41 Å². The van der Waals surface area contributed by atoms with Gasteiger partial charge in [-0.3, -0.25) is 10.4 Å². The van der Waals surface area contributed by atoms with Crippen LogP contribution in [0.3, 0.4) is 0 Å². The third kappa shape index (κ3) is 4.85. The molecule has 0 aliphatic carbocycles. The van der Waals surface area contributed by atoms with Crippen molar-refractivity contribution in [3.63, 3.8) is 0 Å². The molecule has 10 heteroatoms. The quantitative estimate of drug-likeness (QED) is 0.228. The predicted octanol–water partition coefficient (Wildman–Crippen LogP) is 3.58. The number of nitrogens with one attached hydrogen (secondary N) is 2. The Kier molecular flexibility index (Phi) is 6.94. The molecule has 142 valence electrons. The molecule has 0 aliphatic heterocycles. The summed E-state index contributed by atoms with van der Waals surface area (Å²) in [6, 6.07) is 4.90. The number of H-pyrrole nitrogens is 1. The number of hydrogen-bond acceptors (Lipinski definition) is 4. The van der Waals surface area contributed by atoms with Crippen molar-refractivity contribution in [2.24, 2.45) is 26.7 Å². The van der Waals surface area contributed by atoms with Crippen LogP contribution in [0.15, 0.2) is 43.8 Å². The van der Waals surface area contributed by atoms with Crippen LogP contribution >= 0.6 is 15.9 Å². The lowest BCUT2D eigenvalue weighted by Gasteiger charge is -2.12. The van der Waals surface area contributed by atoms with Gasteiger partial charge in [0.05, 0.1) is 23.3 Å². The Bertz CT molecular complexity index is 918.